The van der Waals surface area contributed by atoms with Crippen molar-refractivity contribution < 1.29 is 30.8 Å². The minimum Gasteiger partial charge on any atom is -0.467 e. The van der Waals surface area contributed by atoms with Crippen LogP contribution in [0.25, 0.3) is 0 Å². The lowest BCUT2D eigenvalue weighted by Crippen LogP contribution is -2.40. The smallest absolute Gasteiger partial charge is 0.406 e. The number of alkyl halides is 3. The number of aryl methyl sites for hydroxylation is 1. The summed E-state index contributed by atoms with van der Waals surface area (Å²) < 4.78 is 71.4. The monoisotopic (exact) mass is 436 g/mol. The van der Waals surface area contributed by atoms with Gasteiger partial charge in [-0.2, -0.15) is 18.3 Å². The Bertz CT molecular complexity index is 952. The van der Waals surface area contributed by atoms with Crippen LogP contribution in [0.5, 0.6) is 0 Å². The summed E-state index contributed by atoms with van der Waals surface area (Å²) in [7, 11) is -2.42. The Hall–Kier alpha value is -2.34. The van der Waals surface area contributed by atoms with Crippen molar-refractivity contribution in [3.05, 3.63) is 35.5 Å². The first kappa shape index (κ1) is 22.9. The third-order valence-electron chi connectivity index (χ3n) is 4.36. The fraction of sp³-hybridized carbons (Fsp3) is 0.529. The van der Waals surface area contributed by atoms with Gasteiger partial charge in [0.2, 0.25) is 15.9 Å². The zero-order valence-corrected chi connectivity index (χ0v) is 17.3. The third kappa shape index (κ3) is 5.38. The summed E-state index contributed by atoms with van der Waals surface area (Å²) in [5.41, 5.74) is 0.352. The van der Waals surface area contributed by atoms with Gasteiger partial charge in [-0.15, -0.1) is 0 Å². The zero-order chi connectivity index (χ0) is 22.0. The summed E-state index contributed by atoms with van der Waals surface area (Å²) in [6.45, 7) is 2.47. The molecule has 12 heteroatoms. The van der Waals surface area contributed by atoms with Crippen LogP contribution < -0.4 is 0 Å². The van der Waals surface area contributed by atoms with Crippen molar-refractivity contribution in [2.24, 2.45) is 0 Å². The number of hydrogen-bond acceptors (Lipinski definition) is 5. The molecule has 2 heterocycles. The molecule has 8 nitrogen and oxygen atoms in total. The van der Waals surface area contributed by atoms with E-state index in [1.807, 2.05) is 0 Å². The van der Waals surface area contributed by atoms with Gasteiger partial charge in [-0.1, -0.05) is 6.92 Å². The molecular formula is C17H23F3N4O4S. The van der Waals surface area contributed by atoms with E-state index in [1.54, 1.807) is 6.92 Å². The van der Waals surface area contributed by atoms with Gasteiger partial charge >= 0.3 is 6.18 Å². The standard InChI is InChI=1S/C17H23F3N4O4S/c1-5-22(4)29(26,27)16-12(2)21-24(13(16)3)10-15(25)23(11-17(18,19)20)9-14-7-6-8-28-14/h6-8H,5,9-11H2,1-4H3. The number of halogens is 3. The van der Waals surface area contributed by atoms with E-state index in [4.69, 9.17) is 4.42 Å². The molecule has 1 amide bonds. The normalized spacial score (nSPS) is 12.6. The number of furan rings is 1. The maximum absolute atomic E-state index is 12.9. The highest BCUT2D eigenvalue weighted by Gasteiger charge is 2.34. The van der Waals surface area contributed by atoms with E-state index in [2.05, 4.69) is 5.10 Å². The van der Waals surface area contributed by atoms with Gasteiger partial charge in [0.15, 0.2) is 0 Å². The SMILES string of the molecule is CCN(C)S(=O)(=O)c1c(C)nn(CC(=O)N(Cc2ccco2)CC(F)(F)F)c1C. The number of carbonyl (C=O) groups excluding carboxylic acids is 1. The molecule has 0 aromatic carbocycles. The molecule has 0 aliphatic rings. The molecule has 2 rings (SSSR count). The van der Waals surface area contributed by atoms with Crippen LogP contribution in [-0.4, -0.2) is 59.6 Å². The molecule has 0 spiro atoms. The third-order valence-corrected chi connectivity index (χ3v) is 6.55. The lowest BCUT2D eigenvalue weighted by molar-refractivity contribution is -0.163. The Labute approximate surface area is 166 Å². The molecule has 29 heavy (non-hydrogen) atoms. The van der Waals surface area contributed by atoms with E-state index in [-0.39, 0.29) is 35.1 Å². The molecule has 0 unspecified atom stereocenters. The number of aromatic nitrogens is 2. The molecule has 0 bridgehead atoms. The van der Waals surface area contributed by atoms with Crippen LogP contribution in [0.15, 0.2) is 27.7 Å². The van der Waals surface area contributed by atoms with Crippen LogP contribution >= 0.6 is 0 Å². The molecule has 0 N–H and O–H groups in total. The summed E-state index contributed by atoms with van der Waals surface area (Å²) in [4.78, 5) is 13.1. The maximum Gasteiger partial charge on any atom is 0.406 e. The molecule has 0 radical (unpaired) electrons. The van der Waals surface area contributed by atoms with E-state index in [9.17, 15) is 26.4 Å². The highest BCUT2D eigenvalue weighted by Crippen LogP contribution is 2.23. The molecule has 0 saturated heterocycles. The van der Waals surface area contributed by atoms with Crippen molar-refractivity contribution in [2.45, 2.75) is 44.9 Å². The summed E-state index contributed by atoms with van der Waals surface area (Å²) in [5.74, 6) is -0.666. The van der Waals surface area contributed by atoms with Crippen LogP contribution in [-0.2, 0) is 27.9 Å². The maximum atomic E-state index is 12.9. The highest BCUT2D eigenvalue weighted by molar-refractivity contribution is 7.89. The van der Waals surface area contributed by atoms with Crippen LogP contribution in [0.1, 0.15) is 24.1 Å². The number of amides is 1. The number of nitrogens with zero attached hydrogens (tertiary/aromatic N) is 4. The van der Waals surface area contributed by atoms with Crippen molar-refractivity contribution >= 4 is 15.9 Å². The van der Waals surface area contributed by atoms with Crippen molar-refractivity contribution in [3.8, 4) is 0 Å². The molecule has 0 saturated carbocycles. The second-order valence-corrected chi connectivity index (χ2v) is 8.50. The van der Waals surface area contributed by atoms with Gasteiger partial charge in [-0.05, 0) is 26.0 Å². The molecule has 0 aliphatic heterocycles. The summed E-state index contributed by atoms with van der Waals surface area (Å²) >= 11 is 0. The first-order valence-electron chi connectivity index (χ1n) is 8.74. The molecular weight excluding hydrogens is 413 g/mol. The van der Waals surface area contributed by atoms with Gasteiger partial charge in [0.1, 0.15) is 23.7 Å². The molecule has 0 fully saturated rings. The van der Waals surface area contributed by atoms with E-state index >= 15 is 0 Å². The Kier molecular flexibility index (Phi) is 6.78. The largest absolute Gasteiger partial charge is 0.467 e. The van der Waals surface area contributed by atoms with Gasteiger partial charge in [0.05, 0.1) is 24.2 Å². The Morgan fingerprint density at radius 3 is 2.48 bits per heavy atom. The van der Waals surface area contributed by atoms with Crippen LogP contribution in [0, 0.1) is 13.8 Å². The van der Waals surface area contributed by atoms with Gasteiger partial charge in [0.25, 0.3) is 0 Å². The van der Waals surface area contributed by atoms with Gasteiger partial charge in [-0.3, -0.25) is 9.48 Å². The number of hydrogen-bond donors (Lipinski definition) is 0. The van der Waals surface area contributed by atoms with E-state index in [1.165, 1.54) is 39.3 Å². The second kappa shape index (κ2) is 8.57. The zero-order valence-electron chi connectivity index (χ0n) is 16.5. The lowest BCUT2D eigenvalue weighted by Gasteiger charge is -2.23. The summed E-state index contributed by atoms with van der Waals surface area (Å²) in [6, 6.07) is 2.97. The quantitative estimate of drug-likeness (QED) is 0.634. The van der Waals surface area contributed by atoms with Crippen molar-refractivity contribution in [2.75, 3.05) is 20.1 Å². The van der Waals surface area contributed by atoms with Crippen LogP contribution in [0.4, 0.5) is 13.2 Å². The van der Waals surface area contributed by atoms with Gasteiger partial charge in [-0.25, -0.2) is 12.7 Å². The Morgan fingerprint density at radius 2 is 1.97 bits per heavy atom. The minimum atomic E-state index is -4.60. The Balaban J connectivity index is 2.31. The van der Waals surface area contributed by atoms with E-state index in [0.29, 0.717) is 4.90 Å². The number of carbonyl (C=O) groups is 1. The van der Waals surface area contributed by atoms with Gasteiger partial charge < -0.3 is 9.32 Å². The minimum absolute atomic E-state index is 0.0527. The average molecular weight is 436 g/mol. The van der Waals surface area contributed by atoms with Crippen LogP contribution in [0.3, 0.4) is 0 Å². The number of sulfonamides is 1. The van der Waals surface area contributed by atoms with Crippen molar-refractivity contribution in [3.63, 3.8) is 0 Å². The van der Waals surface area contributed by atoms with E-state index < -0.39 is 35.2 Å². The predicted octanol–water partition coefficient (Wildman–Crippen LogP) is 2.32. The average Bonchev–Trinajstić information content (AvgIpc) is 3.20. The summed E-state index contributed by atoms with van der Waals surface area (Å²) in [5, 5.41) is 4.07. The van der Waals surface area contributed by atoms with E-state index in [0.717, 1.165) is 8.99 Å². The predicted molar refractivity (Wildman–Crippen MR) is 97.4 cm³/mol. The first-order valence-corrected chi connectivity index (χ1v) is 10.2. The molecule has 0 atom stereocenters. The van der Waals surface area contributed by atoms with Crippen molar-refractivity contribution in [1.82, 2.24) is 19.0 Å². The molecule has 2 aromatic rings. The molecule has 2 aromatic heterocycles. The fourth-order valence-electron chi connectivity index (χ4n) is 2.80. The second-order valence-electron chi connectivity index (χ2n) is 6.52. The fourth-order valence-corrected chi connectivity index (χ4v) is 4.35. The lowest BCUT2D eigenvalue weighted by atomic mass is 10.3. The van der Waals surface area contributed by atoms with Crippen molar-refractivity contribution in [1.29, 1.82) is 0 Å². The van der Waals surface area contributed by atoms with Gasteiger partial charge in [0, 0.05) is 13.6 Å². The summed E-state index contributed by atoms with van der Waals surface area (Å²) in [6.07, 6.45) is -3.30. The topological polar surface area (TPSA) is 88.7 Å². The number of rotatable bonds is 8. The first-order chi connectivity index (χ1) is 13.4. The molecule has 0 aliphatic carbocycles. The Morgan fingerprint density at radius 1 is 1.31 bits per heavy atom. The van der Waals surface area contributed by atoms with Crippen LogP contribution in [0.2, 0.25) is 0 Å². The highest BCUT2D eigenvalue weighted by atomic mass is 32.2. The molecule has 162 valence electrons.